The number of nitrogens with zero attached hydrogens (tertiary/aromatic N) is 2. The molecule has 0 spiro atoms. The number of primary amides is 1. The zero-order chi connectivity index (χ0) is 20.6. The highest BCUT2D eigenvalue weighted by molar-refractivity contribution is 5.65. The first-order valence-corrected chi connectivity index (χ1v) is 9.81. The second-order valence-electron chi connectivity index (χ2n) is 6.99. The van der Waals surface area contributed by atoms with E-state index in [2.05, 4.69) is 9.80 Å². The molecule has 0 bridgehead atoms. The maximum atomic E-state index is 11.3. The average Bonchev–Trinajstić information content (AvgIpc) is 2.77. The second-order valence-corrected chi connectivity index (χ2v) is 6.99. The molecular formula is C22H29N3O4. The number of amides is 1. The molecule has 2 N–H and O–H groups in total. The van der Waals surface area contributed by atoms with Crippen molar-refractivity contribution in [2.75, 3.05) is 51.8 Å². The van der Waals surface area contributed by atoms with Crippen LogP contribution in [-0.2, 0) is 4.74 Å². The van der Waals surface area contributed by atoms with E-state index < -0.39 is 6.09 Å². The summed E-state index contributed by atoms with van der Waals surface area (Å²) in [4.78, 5) is 16.0. The summed E-state index contributed by atoms with van der Waals surface area (Å²) in [5.41, 5.74) is 7.31. The van der Waals surface area contributed by atoms with Crippen LogP contribution in [0.1, 0.15) is 18.1 Å². The van der Waals surface area contributed by atoms with Gasteiger partial charge < -0.3 is 24.8 Å². The number of rotatable bonds is 8. The Morgan fingerprint density at radius 3 is 2.38 bits per heavy atom. The Labute approximate surface area is 171 Å². The Bertz CT molecular complexity index is 792. The van der Waals surface area contributed by atoms with Crippen molar-refractivity contribution in [3.8, 4) is 11.5 Å². The van der Waals surface area contributed by atoms with Crippen molar-refractivity contribution in [3.63, 3.8) is 0 Å². The molecule has 0 aliphatic carbocycles. The molecule has 156 valence electrons. The maximum Gasteiger partial charge on any atom is 0.405 e. The molecule has 7 nitrogen and oxygen atoms in total. The lowest BCUT2D eigenvalue weighted by Crippen LogP contribution is -2.47. The van der Waals surface area contributed by atoms with Gasteiger partial charge in [0.1, 0.15) is 17.6 Å². The maximum absolute atomic E-state index is 11.3. The Balaban J connectivity index is 1.56. The van der Waals surface area contributed by atoms with Gasteiger partial charge >= 0.3 is 6.09 Å². The zero-order valence-electron chi connectivity index (χ0n) is 17.0. The van der Waals surface area contributed by atoms with Crippen LogP contribution < -0.4 is 20.1 Å². The van der Waals surface area contributed by atoms with Crippen molar-refractivity contribution in [2.24, 2.45) is 5.73 Å². The smallest absolute Gasteiger partial charge is 0.405 e. The van der Waals surface area contributed by atoms with Crippen LogP contribution in [0.5, 0.6) is 11.5 Å². The van der Waals surface area contributed by atoms with E-state index in [1.807, 2.05) is 48.5 Å². The standard InChI is InChI=1S/C22H29N3O4/c1-27-18-8-9-19(21(16-18)28-2)25-14-12-24(13-15-25)11-10-20(29-22(23)26)17-6-4-3-5-7-17/h3-9,16,20H,10-15H2,1-2H3,(H2,23,26). The summed E-state index contributed by atoms with van der Waals surface area (Å²) >= 11 is 0. The zero-order valence-corrected chi connectivity index (χ0v) is 17.0. The van der Waals surface area contributed by atoms with Crippen LogP contribution in [0.4, 0.5) is 10.5 Å². The molecule has 2 aromatic rings. The van der Waals surface area contributed by atoms with Crippen LogP contribution in [0.25, 0.3) is 0 Å². The lowest BCUT2D eigenvalue weighted by Gasteiger charge is -2.37. The molecule has 1 aliphatic heterocycles. The van der Waals surface area contributed by atoms with Crippen molar-refractivity contribution in [2.45, 2.75) is 12.5 Å². The highest BCUT2D eigenvalue weighted by atomic mass is 16.6. The second kappa shape index (κ2) is 10.0. The Morgan fingerprint density at radius 2 is 1.76 bits per heavy atom. The van der Waals surface area contributed by atoms with Gasteiger partial charge in [-0.2, -0.15) is 0 Å². The van der Waals surface area contributed by atoms with Crippen molar-refractivity contribution >= 4 is 11.8 Å². The van der Waals surface area contributed by atoms with E-state index in [1.54, 1.807) is 14.2 Å². The number of nitrogens with two attached hydrogens (primary N) is 1. The van der Waals surface area contributed by atoms with Crippen molar-refractivity contribution in [1.82, 2.24) is 4.90 Å². The van der Waals surface area contributed by atoms with Gasteiger partial charge in [-0.25, -0.2) is 4.79 Å². The quantitative estimate of drug-likeness (QED) is 0.735. The summed E-state index contributed by atoms with van der Waals surface area (Å²) in [7, 11) is 3.33. The highest BCUT2D eigenvalue weighted by Crippen LogP contribution is 2.33. The number of carbonyl (C=O) groups excluding carboxylic acids is 1. The van der Waals surface area contributed by atoms with Crippen molar-refractivity contribution < 1.29 is 19.0 Å². The van der Waals surface area contributed by atoms with Gasteiger partial charge in [0.05, 0.1) is 19.9 Å². The molecule has 1 amide bonds. The number of carbonyl (C=O) groups is 1. The van der Waals surface area contributed by atoms with Gasteiger partial charge in [0.15, 0.2) is 0 Å². The van der Waals surface area contributed by atoms with E-state index in [4.69, 9.17) is 19.9 Å². The number of ether oxygens (including phenoxy) is 3. The normalized spacial score (nSPS) is 15.6. The predicted molar refractivity (Wildman–Crippen MR) is 113 cm³/mol. The summed E-state index contributed by atoms with van der Waals surface area (Å²) in [6.07, 6.45) is -0.359. The topological polar surface area (TPSA) is 77.3 Å². The number of piperazine rings is 1. The Kier molecular flexibility index (Phi) is 7.19. The van der Waals surface area contributed by atoms with Crippen LogP contribution in [-0.4, -0.2) is 57.9 Å². The van der Waals surface area contributed by atoms with Gasteiger partial charge in [-0.3, -0.25) is 4.90 Å². The largest absolute Gasteiger partial charge is 0.497 e. The first-order chi connectivity index (χ1) is 14.1. The van der Waals surface area contributed by atoms with Gasteiger partial charge in [-0.05, 0) is 17.7 Å². The molecule has 3 rings (SSSR count). The van der Waals surface area contributed by atoms with Crippen LogP contribution in [0.2, 0.25) is 0 Å². The molecule has 7 heteroatoms. The lowest BCUT2D eigenvalue weighted by atomic mass is 10.1. The first-order valence-electron chi connectivity index (χ1n) is 9.81. The minimum Gasteiger partial charge on any atom is -0.497 e. The molecule has 0 radical (unpaired) electrons. The van der Waals surface area contributed by atoms with Gasteiger partial charge in [0.2, 0.25) is 0 Å². The van der Waals surface area contributed by atoms with E-state index in [0.717, 1.165) is 55.5 Å². The van der Waals surface area contributed by atoms with Crippen molar-refractivity contribution in [1.29, 1.82) is 0 Å². The number of hydrogen-bond acceptors (Lipinski definition) is 6. The van der Waals surface area contributed by atoms with Gasteiger partial charge in [-0.1, -0.05) is 30.3 Å². The van der Waals surface area contributed by atoms with Gasteiger partial charge in [-0.15, -0.1) is 0 Å². The molecule has 0 saturated carbocycles. The van der Waals surface area contributed by atoms with Crippen LogP contribution >= 0.6 is 0 Å². The van der Waals surface area contributed by atoms with Crippen LogP contribution in [0.3, 0.4) is 0 Å². The minimum absolute atomic E-state index is 0.326. The molecule has 1 heterocycles. The molecule has 1 saturated heterocycles. The summed E-state index contributed by atoms with van der Waals surface area (Å²) in [5.74, 6) is 1.60. The molecule has 2 aromatic carbocycles. The first kappa shape index (κ1) is 20.8. The number of methoxy groups -OCH3 is 2. The fourth-order valence-electron chi connectivity index (χ4n) is 3.66. The van der Waals surface area contributed by atoms with Crippen LogP contribution in [0, 0.1) is 0 Å². The third-order valence-corrected chi connectivity index (χ3v) is 5.24. The Morgan fingerprint density at radius 1 is 1.03 bits per heavy atom. The van der Waals surface area contributed by atoms with E-state index in [9.17, 15) is 4.79 Å². The van der Waals surface area contributed by atoms with Crippen LogP contribution in [0.15, 0.2) is 48.5 Å². The predicted octanol–water partition coefficient (Wildman–Crippen LogP) is 3.05. The monoisotopic (exact) mass is 399 g/mol. The van der Waals surface area contributed by atoms with Gasteiger partial charge in [0.25, 0.3) is 0 Å². The summed E-state index contributed by atoms with van der Waals surface area (Å²) in [5, 5.41) is 0. The molecule has 1 aliphatic rings. The molecule has 29 heavy (non-hydrogen) atoms. The van der Waals surface area contributed by atoms with Crippen molar-refractivity contribution in [3.05, 3.63) is 54.1 Å². The SMILES string of the molecule is COc1ccc(N2CCN(CCC(OC(N)=O)c3ccccc3)CC2)c(OC)c1. The fraction of sp³-hybridized carbons (Fsp3) is 0.409. The molecule has 1 fully saturated rings. The average molecular weight is 399 g/mol. The molecule has 1 unspecified atom stereocenters. The number of hydrogen-bond donors (Lipinski definition) is 1. The van der Waals surface area contributed by atoms with E-state index >= 15 is 0 Å². The Hall–Kier alpha value is -2.93. The molecule has 0 aromatic heterocycles. The number of anilines is 1. The third kappa shape index (κ3) is 5.54. The minimum atomic E-state index is -0.740. The summed E-state index contributed by atoms with van der Waals surface area (Å²) < 4.78 is 16.2. The molecule has 1 atom stereocenters. The van der Waals surface area contributed by atoms with E-state index in [0.29, 0.717) is 6.42 Å². The van der Waals surface area contributed by atoms with E-state index in [1.165, 1.54) is 0 Å². The third-order valence-electron chi connectivity index (χ3n) is 5.24. The number of benzene rings is 2. The molecular weight excluding hydrogens is 370 g/mol. The summed E-state index contributed by atoms with van der Waals surface area (Å²) in [6.45, 7) is 4.48. The summed E-state index contributed by atoms with van der Waals surface area (Å²) in [6, 6.07) is 15.6. The lowest BCUT2D eigenvalue weighted by molar-refractivity contribution is 0.0910. The van der Waals surface area contributed by atoms with Gasteiger partial charge in [0, 0.05) is 45.2 Å². The highest BCUT2D eigenvalue weighted by Gasteiger charge is 2.22. The van der Waals surface area contributed by atoms with E-state index in [-0.39, 0.29) is 6.10 Å². The fourth-order valence-corrected chi connectivity index (χ4v) is 3.66.